The van der Waals surface area contributed by atoms with Crippen molar-refractivity contribution >= 4 is 23.2 Å². The summed E-state index contributed by atoms with van der Waals surface area (Å²) >= 11 is 0. The maximum absolute atomic E-state index is 12.2. The van der Waals surface area contributed by atoms with Gasteiger partial charge < -0.3 is 5.32 Å². The van der Waals surface area contributed by atoms with Crippen molar-refractivity contribution in [1.82, 2.24) is 0 Å². The van der Waals surface area contributed by atoms with Crippen molar-refractivity contribution in [3.8, 4) is 0 Å². The lowest BCUT2D eigenvalue weighted by Gasteiger charge is -2.07. The molecule has 0 atom stereocenters. The van der Waals surface area contributed by atoms with Crippen LogP contribution in [0.5, 0.6) is 0 Å². The number of anilines is 1. The molecular formula is C17H15NO3. The van der Waals surface area contributed by atoms with E-state index in [2.05, 4.69) is 5.32 Å². The molecule has 0 aliphatic carbocycles. The lowest BCUT2D eigenvalue weighted by molar-refractivity contribution is 0.100. The van der Waals surface area contributed by atoms with Gasteiger partial charge in [0.1, 0.15) is 0 Å². The van der Waals surface area contributed by atoms with Crippen LogP contribution in [0.15, 0.2) is 48.5 Å². The highest BCUT2D eigenvalue weighted by atomic mass is 16.2. The smallest absolute Gasteiger partial charge is 0.255 e. The highest BCUT2D eigenvalue weighted by molar-refractivity contribution is 6.06. The third-order valence-electron chi connectivity index (χ3n) is 3.06. The van der Waals surface area contributed by atoms with Gasteiger partial charge in [-0.1, -0.05) is 24.3 Å². The Balaban J connectivity index is 2.22. The summed E-state index contributed by atoms with van der Waals surface area (Å²) in [6.45, 7) is 2.92. The van der Waals surface area contributed by atoms with Gasteiger partial charge in [-0.05, 0) is 38.1 Å². The second kappa shape index (κ2) is 6.13. The highest BCUT2D eigenvalue weighted by Gasteiger charge is 2.09. The molecule has 0 bridgehead atoms. The van der Waals surface area contributed by atoms with E-state index in [1.54, 1.807) is 48.5 Å². The van der Waals surface area contributed by atoms with E-state index in [9.17, 15) is 14.4 Å². The van der Waals surface area contributed by atoms with Crippen molar-refractivity contribution in [3.63, 3.8) is 0 Å². The van der Waals surface area contributed by atoms with Crippen LogP contribution in [0, 0.1) is 0 Å². The maximum atomic E-state index is 12.2. The lowest BCUT2D eigenvalue weighted by atomic mass is 10.1. The van der Waals surface area contributed by atoms with Gasteiger partial charge in [-0.15, -0.1) is 0 Å². The van der Waals surface area contributed by atoms with Gasteiger partial charge in [0.2, 0.25) is 0 Å². The van der Waals surface area contributed by atoms with Gasteiger partial charge in [-0.3, -0.25) is 14.4 Å². The number of hydrogen-bond acceptors (Lipinski definition) is 3. The molecule has 0 aliphatic heterocycles. The molecule has 1 N–H and O–H groups in total. The molecule has 0 unspecified atom stereocenters. The van der Waals surface area contributed by atoms with E-state index in [4.69, 9.17) is 0 Å². The van der Waals surface area contributed by atoms with Gasteiger partial charge in [0.15, 0.2) is 11.6 Å². The second-order valence-corrected chi connectivity index (χ2v) is 4.73. The fraction of sp³-hybridized carbons (Fsp3) is 0.118. The molecule has 0 saturated carbocycles. The van der Waals surface area contributed by atoms with Crippen LogP contribution in [0.4, 0.5) is 5.69 Å². The van der Waals surface area contributed by atoms with Crippen LogP contribution < -0.4 is 5.32 Å². The summed E-state index contributed by atoms with van der Waals surface area (Å²) in [4.78, 5) is 34.8. The monoisotopic (exact) mass is 281 g/mol. The number of amides is 1. The molecule has 0 saturated heterocycles. The number of benzene rings is 2. The predicted molar refractivity (Wildman–Crippen MR) is 80.8 cm³/mol. The Morgan fingerprint density at radius 2 is 1.29 bits per heavy atom. The molecule has 0 aliphatic rings. The number of rotatable bonds is 4. The van der Waals surface area contributed by atoms with Gasteiger partial charge in [-0.25, -0.2) is 0 Å². The Hall–Kier alpha value is -2.75. The fourth-order valence-corrected chi connectivity index (χ4v) is 1.90. The van der Waals surface area contributed by atoms with E-state index >= 15 is 0 Å². The van der Waals surface area contributed by atoms with Crippen molar-refractivity contribution in [2.45, 2.75) is 13.8 Å². The van der Waals surface area contributed by atoms with Crippen LogP contribution >= 0.6 is 0 Å². The summed E-state index contributed by atoms with van der Waals surface area (Å²) < 4.78 is 0. The summed E-state index contributed by atoms with van der Waals surface area (Å²) in [5, 5.41) is 2.72. The zero-order valence-electron chi connectivity index (χ0n) is 11.8. The van der Waals surface area contributed by atoms with E-state index in [1.807, 2.05) is 0 Å². The summed E-state index contributed by atoms with van der Waals surface area (Å²) in [6, 6.07) is 13.2. The van der Waals surface area contributed by atoms with Crippen LogP contribution in [-0.2, 0) is 0 Å². The van der Waals surface area contributed by atoms with Gasteiger partial charge in [0.05, 0.1) is 0 Å². The second-order valence-electron chi connectivity index (χ2n) is 4.73. The Labute approximate surface area is 122 Å². The molecule has 0 heterocycles. The SMILES string of the molecule is CC(=O)c1cccc(NC(=O)c2cccc(C(C)=O)c2)c1. The first kappa shape index (κ1) is 14.7. The van der Waals surface area contributed by atoms with Gasteiger partial charge in [-0.2, -0.15) is 0 Å². The van der Waals surface area contributed by atoms with Crippen molar-refractivity contribution in [2.75, 3.05) is 5.32 Å². The van der Waals surface area contributed by atoms with E-state index in [0.29, 0.717) is 22.4 Å². The normalized spacial score (nSPS) is 10.0. The minimum absolute atomic E-state index is 0.0651. The van der Waals surface area contributed by atoms with E-state index < -0.39 is 0 Å². The molecule has 106 valence electrons. The first-order valence-corrected chi connectivity index (χ1v) is 6.51. The van der Waals surface area contributed by atoms with Crippen LogP contribution in [0.2, 0.25) is 0 Å². The Kier molecular flexibility index (Phi) is 4.28. The summed E-state index contributed by atoms with van der Waals surface area (Å²) in [5.41, 5.74) is 1.96. The largest absolute Gasteiger partial charge is 0.322 e. The molecule has 2 aromatic carbocycles. The zero-order valence-corrected chi connectivity index (χ0v) is 11.8. The standard InChI is InChI=1S/C17H15NO3/c1-11(19)13-5-3-7-15(9-13)17(21)18-16-8-4-6-14(10-16)12(2)20/h3-10H,1-2H3,(H,18,21). The molecular weight excluding hydrogens is 266 g/mol. The maximum Gasteiger partial charge on any atom is 0.255 e. The Morgan fingerprint density at radius 1 is 0.762 bits per heavy atom. The molecule has 1 amide bonds. The average molecular weight is 281 g/mol. The first-order valence-electron chi connectivity index (χ1n) is 6.51. The summed E-state index contributed by atoms with van der Waals surface area (Å²) in [6.07, 6.45) is 0. The fourth-order valence-electron chi connectivity index (χ4n) is 1.90. The first-order chi connectivity index (χ1) is 9.97. The molecule has 0 fully saturated rings. The number of Topliss-reactive ketones (excluding diaryl/α,β-unsaturated/α-hetero) is 2. The molecule has 2 rings (SSSR count). The number of hydrogen-bond donors (Lipinski definition) is 1. The molecule has 21 heavy (non-hydrogen) atoms. The Bertz CT molecular complexity index is 719. The zero-order chi connectivity index (χ0) is 15.4. The minimum Gasteiger partial charge on any atom is -0.322 e. The van der Waals surface area contributed by atoms with Gasteiger partial charge in [0, 0.05) is 22.4 Å². The third kappa shape index (κ3) is 3.63. The van der Waals surface area contributed by atoms with Crippen molar-refractivity contribution in [2.24, 2.45) is 0 Å². The summed E-state index contributed by atoms with van der Waals surface area (Å²) in [5.74, 6) is -0.480. The van der Waals surface area contributed by atoms with Crippen LogP contribution in [0.1, 0.15) is 44.9 Å². The molecule has 4 nitrogen and oxygen atoms in total. The quantitative estimate of drug-likeness (QED) is 0.874. The predicted octanol–water partition coefficient (Wildman–Crippen LogP) is 3.34. The van der Waals surface area contributed by atoms with Gasteiger partial charge in [0.25, 0.3) is 5.91 Å². The highest BCUT2D eigenvalue weighted by Crippen LogP contribution is 2.14. The molecule has 0 spiro atoms. The van der Waals surface area contributed by atoms with E-state index in [1.165, 1.54) is 13.8 Å². The van der Waals surface area contributed by atoms with Crippen molar-refractivity contribution in [1.29, 1.82) is 0 Å². The number of nitrogens with one attached hydrogen (secondary N) is 1. The number of carbonyl (C=O) groups excluding carboxylic acids is 3. The molecule has 2 aromatic rings. The van der Waals surface area contributed by atoms with Crippen LogP contribution in [0.25, 0.3) is 0 Å². The minimum atomic E-state index is -0.321. The van der Waals surface area contributed by atoms with Crippen molar-refractivity contribution < 1.29 is 14.4 Å². The van der Waals surface area contributed by atoms with Crippen LogP contribution in [-0.4, -0.2) is 17.5 Å². The third-order valence-corrected chi connectivity index (χ3v) is 3.06. The molecule has 0 radical (unpaired) electrons. The van der Waals surface area contributed by atoms with Crippen LogP contribution in [0.3, 0.4) is 0 Å². The average Bonchev–Trinajstić information content (AvgIpc) is 2.47. The number of ketones is 2. The summed E-state index contributed by atoms with van der Waals surface area (Å²) in [7, 11) is 0. The van der Waals surface area contributed by atoms with E-state index in [-0.39, 0.29) is 17.5 Å². The lowest BCUT2D eigenvalue weighted by Crippen LogP contribution is -2.13. The topological polar surface area (TPSA) is 63.2 Å². The van der Waals surface area contributed by atoms with Gasteiger partial charge >= 0.3 is 0 Å². The molecule has 4 heteroatoms. The Morgan fingerprint density at radius 3 is 1.90 bits per heavy atom. The number of carbonyl (C=O) groups is 3. The molecule has 0 aromatic heterocycles. The van der Waals surface area contributed by atoms with Crippen molar-refractivity contribution in [3.05, 3.63) is 65.2 Å². The van der Waals surface area contributed by atoms with E-state index in [0.717, 1.165) is 0 Å².